The highest BCUT2D eigenvalue weighted by atomic mass is 32.2. The number of hydrogen-bond donors (Lipinski definition) is 1. The molecule has 0 aromatic heterocycles. The Morgan fingerprint density at radius 1 is 1.25 bits per heavy atom. The first-order valence-electron chi connectivity index (χ1n) is 7.29. The van der Waals surface area contributed by atoms with E-state index in [1.807, 2.05) is 12.1 Å². The summed E-state index contributed by atoms with van der Waals surface area (Å²) < 4.78 is 23.6. The molecule has 1 aliphatic carbocycles. The van der Waals surface area contributed by atoms with E-state index < -0.39 is 9.84 Å². The van der Waals surface area contributed by atoms with Crippen molar-refractivity contribution in [2.75, 3.05) is 23.8 Å². The van der Waals surface area contributed by atoms with Gasteiger partial charge in [0.1, 0.15) is 0 Å². The summed E-state index contributed by atoms with van der Waals surface area (Å²) in [7, 11) is -3.13. The van der Waals surface area contributed by atoms with Crippen molar-refractivity contribution in [3.8, 4) is 0 Å². The van der Waals surface area contributed by atoms with E-state index in [9.17, 15) is 8.42 Å². The Labute approximate surface area is 121 Å². The number of anilines is 1. The van der Waals surface area contributed by atoms with E-state index >= 15 is 0 Å². The van der Waals surface area contributed by atoms with E-state index in [4.69, 9.17) is 5.11 Å². The molecule has 1 aliphatic rings. The monoisotopic (exact) mass is 297 g/mol. The van der Waals surface area contributed by atoms with Crippen molar-refractivity contribution in [2.24, 2.45) is 0 Å². The average Bonchev–Trinajstić information content (AvgIpc) is 2.41. The fourth-order valence-corrected chi connectivity index (χ4v) is 3.36. The van der Waals surface area contributed by atoms with Crippen molar-refractivity contribution >= 4 is 15.5 Å². The molecule has 20 heavy (non-hydrogen) atoms. The Morgan fingerprint density at radius 2 is 1.90 bits per heavy atom. The van der Waals surface area contributed by atoms with E-state index in [-0.39, 0.29) is 12.4 Å². The summed E-state index contributed by atoms with van der Waals surface area (Å²) >= 11 is 0. The van der Waals surface area contributed by atoms with Crippen molar-refractivity contribution in [3.05, 3.63) is 24.3 Å². The fraction of sp³-hybridized carbons (Fsp3) is 0.600. The van der Waals surface area contributed by atoms with E-state index in [0.717, 1.165) is 18.7 Å². The quantitative estimate of drug-likeness (QED) is 0.838. The molecule has 4 nitrogen and oxygen atoms in total. The maximum Gasteiger partial charge on any atom is 0.178 e. The molecule has 0 saturated heterocycles. The molecule has 0 bridgehead atoms. The number of aliphatic hydroxyl groups excluding tert-OH is 1. The summed E-state index contributed by atoms with van der Waals surface area (Å²) in [5, 5.41) is 9.01. The smallest absolute Gasteiger partial charge is 0.178 e. The molecule has 1 aromatic rings. The molecule has 1 aromatic carbocycles. The molecule has 1 fully saturated rings. The van der Waals surface area contributed by atoms with Crippen molar-refractivity contribution in [3.63, 3.8) is 0 Å². The Bertz CT molecular complexity index is 521. The van der Waals surface area contributed by atoms with E-state index in [1.165, 1.54) is 19.3 Å². The SMILES string of the molecule is CCS(=O)(=O)c1ccc(N(CCCO)C2CCC2)cc1. The number of sulfone groups is 1. The lowest BCUT2D eigenvalue weighted by Crippen LogP contribution is -2.41. The zero-order valence-corrected chi connectivity index (χ0v) is 12.8. The molecular weight excluding hydrogens is 274 g/mol. The third kappa shape index (κ3) is 3.33. The minimum Gasteiger partial charge on any atom is -0.396 e. The molecule has 5 heteroatoms. The van der Waals surface area contributed by atoms with Gasteiger partial charge in [0.25, 0.3) is 0 Å². The minimum atomic E-state index is -3.13. The summed E-state index contributed by atoms with van der Waals surface area (Å²) in [4.78, 5) is 2.68. The molecule has 0 unspecified atom stereocenters. The van der Waals surface area contributed by atoms with Gasteiger partial charge in [-0.2, -0.15) is 0 Å². The van der Waals surface area contributed by atoms with Crippen LogP contribution in [0.15, 0.2) is 29.2 Å². The third-order valence-corrected chi connectivity index (χ3v) is 5.73. The standard InChI is InChI=1S/C15H23NO3S/c1-2-20(18,19)15-9-7-14(8-10-15)16(11-4-12-17)13-5-3-6-13/h7-10,13,17H,2-6,11-12H2,1H3. The topological polar surface area (TPSA) is 57.6 Å². The fourth-order valence-electron chi connectivity index (χ4n) is 2.47. The maximum atomic E-state index is 11.8. The molecule has 1 N–H and O–H groups in total. The third-order valence-electron chi connectivity index (χ3n) is 3.98. The first kappa shape index (κ1) is 15.3. The molecule has 1 saturated carbocycles. The van der Waals surface area contributed by atoms with Gasteiger partial charge in [0.05, 0.1) is 10.6 Å². The number of nitrogens with zero attached hydrogens (tertiary/aromatic N) is 1. The number of aliphatic hydroxyl groups is 1. The predicted molar refractivity (Wildman–Crippen MR) is 80.9 cm³/mol. The van der Waals surface area contributed by atoms with Crippen LogP contribution in [-0.4, -0.2) is 38.5 Å². The second-order valence-electron chi connectivity index (χ2n) is 5.25. The van der Waals surface area contributed by atoms with E-state index in [0.29, 0.717) is 10.9 Å². The van der Waals surface area contributed by atoms with Gasteiger partial charge in [-0.05, 0) is 49.9 Å². The zero-order valence-electron chi connectivity index (χ0n) is 12.0. The predicted octanol–water partition coefficient (Wildman–Crippen LogP) is 2.22. The van der Waals surface area contributed by atoms with Crippen LogP contribution in [0.5, 0.6) is 0 Å². The first-order chi connectivity index (χ1) is 9.58. The molecule has 0 radical (unpaired) electrons. The first-order valence-corrected chi connectivity index (χ1v) is 8.94. The van der Waals surface area contributed by atoms with Crippen LogP contribution in [0.2, 0.25) is 0 Å². The lowest BCUT2D eigenvalue weighted by Gasteiger charge is -2.39. The molecule has 0 atom stereocenters. The van der Waals surface area contributed by atoms with Gasteiger partial charge >= 0.3 is 0 Å². The van der Waals surface area contributed by atoms with Gasteiger partial charge in [0, 0.05) is 24.9 Å². The maximum absolute atomic E-state index is 11.8. The summed E-state index contributed by atoms with van der Waals surface area (Å²) in [6.45, 7) is 2.66. The van der Waals surface area contributed by atoms with E-state index in [2.05, 4.69) is 4.90 Å². The highest BCUT2D eigenvalue weighted by Gasteiger charge is 2.25. The largest absolute Gasteiger partial charge is 0.396 e. The molecular formula is C15H23NO3S. The summed E-state index contributed by atoms with van der Waals surface area (Å²) in [6, 6.07) is 7.70. The second kappa shape index (κ2) is 6.59. The van der Waals surface area contributed by atoms with Gasteiger partial charge in [-0.3, -0.25) is 0 Å². The zero-order chi connectivity index (χ0) is 14.6. The highest BCUT2D eigenvalue weighted by Crippen LogP contribution is 2.30. The summed E-state index contributed by atoms with van der Waals surface area (Å²) in [6.07, 6.45) is 4.36. The summed E-state index contributed by atoms with van der Waals surface area (Å²) in [5.74, 6) is 0.128. The molecule has 0 amide bonds. The molecule has 112 valence electrons. The van der Waals surface area contributed by atoms with Crippen LogP contribution in [0.3, 0.4) is 0 Å². The van der Waals surface area contributed by atoms with Crippen LogP contribution in [0.25, 0.3) is 0 Å². The van der Waals surface area contributed by atoms with Crippen LogP contribution in [-0.2, 0) is 9.84 Å². The van der Waals surface area contributed by atoms with Crippen molar-refractivity contribution in [2.45, 2.75) is 43.5 Å². The highest BCUT2D eigenvalue weighted by molar-refractivity contribution is 7.91. The molecule has 0 spiro atoms. The molecule has 0 heterocycles. The van der Waals surface area contributed by atoms with Crippen LogP contribution < -0.4 is 4.90 Å². The lowest BCUT2D eigenvalue weighted by atomic mass is 9.91. The summed E-state index contributed by atoms with van der Waals surface area (Å²) in [5.41, 5.74) is 1.05. The Balaban J connectivity index is 2.17. The van der Waals surface area contributed by atoms with Gasteiger partial charge in [-0.1, -0.05) is 6.92 Å². The Hall–Kier alpha value is -1.07. The second-order valence-corrected chi connectivity index (χ2v) is 7.53. The van der Waals surface area contributed by atoms with Crippen LogP contribution in [0.1, 0.15) is 32.6 Å². The van der Waals surface area contributed by atoms with Gasteiger partial charge in [-0.15, -0.1) is 0 Å². The van der Waals surface area contributed by atoms with Gasteiger partial charge < -0.3 is 10.0 Å². The Morgan fingerprint density at radius 3 is 2.35 bits per heavy atom. The molecule has 0 aliphatic heterocycles. The number of benzene rings is 1. The molecule has 2 rings (SSSR count). The Kier molecular flexibility index (Phi) is 5.05. The normalized spacial score (nSPS) is 15.9. The van der Waals surface area contributed by atoms with E-state index in [1.54, 1.807) is 19.1 Å². The van der Waals surface area contributed by atoms with Gasteiger partial charge in [-0.25, -0.2) is 8.42 Å². The average molecular weight is 297 g/mol. The van der Waals surface area contributed by atoms with Gasteiger partial charge in [0.15, 0.2) is 9.84 Å². The van der Waals surface area contributed by atoms with Crippen molar-refractivity contribution in [1.29, 1.82) is 0 Å². The minimum absolute atomic E-state index is 0.128. The number of rotatable bonds is 7. The number of hydrogen-bond acceptors (Lipinski definition) is 4. The van der Waals surface area contributed by atoms with Crippen molar-refractivity contribution < 1.29 is 13.5 Å². The van der Waals surface area contributed by atoms with Crippen LogP contribution in [0, 0.1) is 0 Å². The lowest BCUT2D eigenvalue weighted by molar-refractivity contribution is 0.283. The van der Waals surface area contributed by atoms with Crippen molar-refractivity contribution in [1.82, 2.24) is 0 Å². The van der Waals surface area contributed by atoms with Crippen LogP contribution >= 0.6 is 0 Å². The van der Waals surface area contributed by atoms with Crippen LogP contribution in [0.4, 0.5) is 5.69 Å². The van der Waals surface area contributed by atoms with Gasteiger partial charge in [0.2, 0.25) is 0 Å².